The van der Waals surface area contributed by atoms with E-state index in [9.17, 15) is 13.2 Å². The lowest BCUT2D eigenvalue weighted by Crippen LogP contribution is -2.36. The Kier molecular flexibility index (Phi) is 5.81. The van der Waals surface area contributed by atoms with Crippen molar-refractivity contribution in [3.8, 4) is 5.75 Å². The van der Waals surface area contributed by atoms with E-state index in [0.717, 1.165) is 16.7 Å². The zero-order valence-electron chi connectivity index (χ0n) is 14.4. The molecule has 0 aliphatic rings. The molecule has 0 saturated carbocycles. The molecule has 0 bridgehead atoms. The quantitative estimate of drug-likeness (QED) is 0.821. The fourth-order valence-corrected chi connectivity index (χ4v) is 2.86. The van der Waals surface area contributed by atoms with Gasteiger partial charge in [0.1, 0.15) is 5.75 Å². The number of carbonyl (C=O) groups excluding carboxylic acids is 1. The van der Waals surface area contributed by atoms with E-state index in [1.54, 1.807) is 19.1 Å². The van der Waals surface area contributed by atoms with Crippen molar-refractivity contribution in [1.82, 2.24) is 5.32 Å². The molecule has 2 aromatic carbocycles. The lowest BCUT2D eigenvalue weighted by atomic mass is 10.1. The number of amides is 1. The van der Waals surface area contributed by atoms with Crippen molar-refractivity contribution in [2.24, 2.45) is 5.14 Å². The molecule has 7 heteroatoms. The first-order valence-electron chi connectivity index (χ1n) is 7.81. The number of para-hydroxylation sites is 1. The highest BCUT2D eigenvalue weighted by Gasteiger charge is 2.16. The Morgan fingerprint density at radius 1 is 1.12 bits per heavy atom. The Hall–Kier alpha value is -2.38. The molecule has 6 nitrogen and oxygen atoms in total. The van der Waals surface area contributed by atoms with E-state index in [4.69, 9.17) is 9.88 Å². The number of nitrogens with two attached hydrogens (primary N) is 1. The molecule has 0 aliphatic carbocycles. The average Bonchev–Trinajstić information content (AvgIpc) is 2.55. The minimum absolute atomic E-state index is 0.0364. The van der Waals surface area contributed by atoms with E-state index in [2.05, 4.69) is 5.32 Å². The smallest absolute Gasteiger partial charge is 0.261 e. The van der Waals surface area contributed by atoms with Crippen LogP contribution < -0.4 is 15.2 Å². The van der Waals surface area contributed by atoms with E-state index < -0.39 is 16.1 Å². The van der Waals surface area contributed by atoms with Gasteiger partial charge < -0.3 is 10.1 Å². The van der Waals surface area contributed by atoms with E-state index in [0.29, 0.717) is 5.75 Å². The number of ether oxygens (including phenoxy) is 1. The highest BCUT2D eigenvalue weighted by Crippen LogP contribution is 2.23. The predicted molar refractivity (Wildman–Crippen MR) is 95.7 cm³/mol. The lowest BCUT2D eigenvalue weighted by molar-refractivity contribution is -0.127. The summed E-state index contributed by atoms with van der Waals surface area (Å²) in [5.41, 5.74) is 2.71. The first-order chi connectivity index (χ1) is 11.7. The first-order valence-corrected chi connectivity index (χ1v) is 9.35. The van der Waals surface area contributed by atoms with Crippen molar-refractivity contribution in [3.63, 3.8) is 0 Å². The largest absolute Gasteiger partial charge is 0.480 e. The zero-order chi connectivity index (χ0) is 18.6. The maximum absolute atomic E-state index is 12.2. The van der Waals surface area contributed by atoms with Gasteiger partial charge in [-0.2, -0.15) is 0 Å². The molecule has 134 valence electrons. The molecule has 0 fully saturated rings. The number of aryl methyl sites for hydroxylation is 2. The Balaban J connectivity index is 1.95. The Bertz CT molecular complexity index is 841. The van der Waals surface area contributed by atoms with Crippen molar-refractivity contribution < 1.29 is 17.9 Å². The van der Waals surface area contributed by atoms with Gasteiger partial charge in [-0.25, -0.2) is 13.6 Å². The van der Waals surface area contributed by atoms with Crippen LogP contribution in [0.1, 0.15) is 23.6 Å². The highest BCUT2D eigenvalue weighted by atomic mass is 32.2. The Labute approximate surface area is 148 Å². The normalized spacial score (nSPS) is 12.5. The molecule has 0 aromatic heterocycles. The lowest BCUT2D eigenvalue weighted by Gasteiger charge is -2.18. The Morgan fingerprint density at radius 2 is 1.68 bits per heavy atom. The SMILES string of the molecule is Cc1cccc(C)c1OC(C)C(=O)NCc1ccc(S(N)(=O)=O)cc1. The van der Waals surface area contributed by atoms with Crippen LogP contribution in [0.3, 0.4) is 0 Å². The number of rotatable bonds is 6. The summed E-state index contributed by atoms with van der Waals surface area (Å²) < 4.78 is 28.2. The molecule has 0 saturated heterocycles. The molecule has 0 aliphatic heterocycles. The second-order valence-electron chi connectivity index (χ2n) is 5.89. The number of primary sulfonamides is 1. The van der Waals surface area contributed by atoms with Crippen molar-refractivity contribution >= 4 is 15.9 Å². The molecule has 3 N–H and O–H groups in total. The van der Waals surface area contributed by atoms with Gasteiger partial charge in [-0.1, -0.05) is 30.3 Å². The summed E-state index contributed by atoms with van der Waals surface area (Å²) in [6.07, 6.45) is -0.650. The second kappa shape index (κ2) is 7.67. The van der Waals surface area contributed by atoms with Gasteiger partial charge in [-0.3, -0.25) is 4.79 Å². The molecule has 0 heterocycles. The van der Waals surface area contributed by atoms with Gasteiger partial charge in [0.2, 0.25) is 10.0 Å². The van der Waals surface area contributed by atoms with Gasteiger partial charge in [0, 0.05) is 6.54 Å². The average molecular weight is 362 g/mol. The third-order valence-corrected chi connectivity index (χ3v) is 4.72. The molecule has 2 aromatic rings. The number of sulfonamides is 1. The van der Waals surface area contributed by atoms with Crippen molar-refractivity contribution in [3.05, 3.63) is 59.2 Å². The number of benzene rings is 2. The van der Waals surface area contributed by atoms with Crippen LogP contribution in [0.2, 0.25) is 0 Å². The molecule has 0 radical (unpaired) electrons. The van der Waals surface area contributed by atoms with Crippen LogP contribution in [0, 0.1) is 13.8 Å². The highest BCUT2D eigenvalue weighted by molar-refractivity contribution is 7.89. The van der Waals surface area contributed by atoms with Crippen LogP contribution in [0.15, 0.2) is 47.4 Å². The monoisotopic (exact) mass is 362 g/mol. The van der Waals surface area contributed by atoms with Gasteiger partial charge in [0.15, 0.2) is 6.10 Å². The first kappa shape index (κ1) is 19.0. The molecule has 1 atom stereocenters. The molecule has 1 unspecified atom stereocenters. The summed E-state index contributed by atoms with van der Waals surface area (Å²) in [6.45, 7) is 5.81. The van der Waals surface area contributed by atoms with E-state index >= 15 is 0 Å². The third-order valence-electron chi connectivity index (χ3n) is 3.79. The van der Waals surface area contributed by atoms with Gasteiger partial charge in [-0.15, -0.1) is 0 Å². The van der Waals surface area contributed by atoms with Crippen LogP contribution >= 0.6 is 0 Å². The van der Waals surface area contributed by atoms with Crippen LogP contribution in [0.25, 0.3) is 0 Å². The number of carbonyl (C=O) groups is 1. The minimum atomic E-state index is -3.71. The van der Waals surface area contributed by atoms with Gasteiger partial charge in [0.25, 0.3) is 5.91 Å². The maximum atomic E-state index is 12.2. The minimum Gasteiger partial charge on any atom is -0.480 e. The van der Waals surface area contributed by atoms with Crippen molar-refractivity contribution in [1.29, 1.82) is 0 Å². The summed E-state index contributed by atoms with van der Waals surface area (Å²) in [5, 5.41) is 7.82. The molecule has 25 heavy (non-hydrogen) atoms. The maximum Gasteiger partial charge on any atom is 0.261 e. The molecular weight excluding hydrogens is 340 g/mol. The number of hydrogen-bond acceptors (Lipinski definition) is 4. The summed E-state index contributed by atoms with van der Waals surface area (Å²) in [5.74, 6) is 0.459. The molecule has 2 rings (SSSR count). The van der Waals surface area contributed by atoms with E-state index in [1.807, 2.05) is 32.0 Å². The summed E-state index contributed by atoms with van der Waals surface area (Å²) >= 11 is 0. The Morgan fingerprint density at radius 3 is 2.20 bits per heavy atom. The van der Waals surface area contributed by atoms with Crippen molar-refractivity contribution in [2.45, 2.75) is 38.3 Å². The summed E-state index contributed by atoms with van der Waals surface area (Å²) in [7, 11) is -3.71. The number of hydrogen-bond donors (Lipinski definition) is 2. The standard InChI is InChI=1S/C18H22N2O4S/c1-12-5-4-6-13(2)17(12)24-14(3)18(21)20-11-15-7-9-16(10-8-15)25(19,22)23/h4-10,14H,11H2,1-3H3,(H,20,21)(H2,19,22,23). The van der Waals surface area contributed by atoms with E-state index in [-0.39, 0.29) is 17.3 Å². The van der Waals surface area contributed by atoms with Gasteiger partial charge in [0.05, 0.1) is 4.90 Å². The second-order valence-corrected chi connectivity index (χ2v) is 7.45. The van der Waals surface area contributed by atoms with Crippen LogP contribution in [-0.4, -0.2) is 20.4 Å². The van der Waals surface area contributed by atoms with Crippen LogP contribution in [0.4, 0.5) is 0 Å². The summed E-state index contributed by atoms with van der Waals surface area (Å²) in [6, 6.07) is 11.8. The fraction of sp³-hybridized carbons (Fsp3) is 0.278. The molecule has 0 spiro atoms. The third kappa shape index (κ3) is 5.04. The van der Waals surface area contributed by atoms with Gasteiger partial charge in [-0.05, 0) is 49.6 Å². The molecular formula is C18H22N2O4S. The van der Waals surface area contributed by atoms with Crippen LogP contribution in [-0.2, 0) is 21.4 Å². The number of nitrogens with one attached hydrogen (secondary N) is 1. The fourth-order valence-electron chi connectivity index (χ4n) is 2.35. The van der Waals surface area contributed by atoms with E-state index in [1.165, 1.54) is 12.1 Å². The summed E-state index contributed by atoms with van der Waals surface area (Å²) in [4.78, 5) is 12.3. The van der Waals surface area contributed by atoms with Gasteiger partial charge >= 0.3 is 0 Å². The predicted octanol–water partition coefficient (Wildman–Crippen LogP) is 2.03. The zero-order valence-corrected chi connectivity index (χ0v) is 15.3. The molecule has 1 amide bonds. The van der Waals surface area contributed by atoms with Crippen LogP contribution in [0.5, 0.6) is 5.75 Å². The van der Waals surface area contributed by atoms with Crippen molar-refractivity contribution in [2.75, 3.05) is 0 Å². The topological polar surface area (TPSA) is 98.5 Å².